The smallest absolute Gasteiger partial charge is 0.0924 e. The molecule has 1 atom stereocenters. The fraction of sp³-hybridized carbons (Fsp3) is 0.833. The molecule has 4 heteroatoms. The second-order valence-corrected chi connectivity index (χ2v) is 4.48. The number of hydrogen-bond acceptors (Lipinski definition) is 4. The van der Waals surface area contributed by atoms with Gasteiger partial charge in [-0.15, -0.1) is 0 Å². The molecule has 0 fully saturated rings. The Morgan fingerprint density at radius 3 is 2.90 bits per heavy atom. The first-order valence-corrected chi connectivity index (χ1v) is 5.82. The van der Waals surface area contributed by atoms with Gasteiger partial charge >= 0.3 is 0 Å². The molecular weight excluding hydrogens is 164 g/mol. The minimum atomic E-state index is -0.0116. The van der Waals surface area contributed by atoms with E-state index in [0.717, 1.165) is 12.3 Å². The van der Waals surface area contributed by atoms with Crippen LogP contribution in [0.25, 0.3) is 0 Å². The molecule has 0 radical (unpaired) electrons. The van der Waals surface area contributed by atoms with Crippen LogP contribution in [0, 0.1) is 11.3 Å². The van der Waals surface area contributed by atoms with Crippen LogP contribution >= 0.6 is 21.6 Å². The Balaban J connectivity index is 2.98. The lowest BCUT2D eigenvalue weighted by atomic mass is 10.4. The fourth-order valence-electron chi connectivity index (χ4n) is 0.446. The van der Waals surface area contributed by atoms with Crippen LogP contribution in [-0.2, 0) is 0 Å². The number of nitriles is 1. The molecule has 1 unspecified atom stereocenters. The summed E-state index contributed by atoms with van der Waals surface area (Å²) in [7, 11) is 3.56. The predicted molar refractivity (Wildman–Crippen MR) is 49.1 cm³/mol. The van der Waals surface area contributed by atoms with E-state index in [1.807, 2.05) is 6.92 Å². The lowest BCUT2D eigenvalue weighted by Gasteiger charge is -2.03. The maximum Gasteiger partial charge on any atom is 0.0924 e. The van der Waals surface area contributed by atoms with Gasteiger partial charge in [0.1, 0.15) is 0 Å². The van der Waals surface area contributed by atoms with Gasteiger partial charge < -0.3 is 5.32 Å². The first-order chi connectivity index (χ1) is 4.81. The Morgan fingerprint density at radius 2 is 2.40 bits per heavy atom. The van der Waals surface area contributed by atoms with Gasteiger partial charge in [0, 0.05) is 12.3 Å². The summed E-state index contributed by atoms with van der Waals surface area (Å²) in [6, 6.07) is 2.10. The Kier molecular flexibility index (Phi) is 7.37. The van der Waals surface area contributed by atoms with Crippen LogP contribution in [0.15, 0.2) is 0 Å². The predicted octanol–water partition coefficient (Wildman–Crippen LogP) is 1.50. The van der Waals surface area contributed by atoms with Crippen molar-refractivity contribution in [2.75, 3.05) is 18.6 Å². The molecular formula is C6H12N2S2. The summed E-state index contributed by atoms with van der Waals surface area (Å²) in [6.45, 7) is 2.78. The van der Waals surface area contributed by atoms with Crippen LogP contribution in [0.3, 0.4) is 0 Å². The van der Waals surface area contributed by atoms with E-state index in [-0.39, 0.29) is 6.04 Å². The van der Waals surface area contributed by atoms with Gasteiger partial charge in [0.25, 0.3) is 0 Å². The van der Waals surface area contributed by atoms with Crippen molar-refractivity contribution in [3.05, 3.63) is 0 Å². The molecule has 0 aromatic carbocycles. The van der Waals surface area contributed by atoms with Crippen LogP contribution in [-0.4, -0.2) is 24.6 Å². The number of nitrogens with one attached hydrogen (secondary N) is 1. The molecule has 0 amide bonds. The Labute approximate surface area is 70.2 Å². The third-order valence-corrected chi connectivity index (χ3v) is 2.76. The quantitative estimate of drug-likeness (QED) is 0.508. The first-order valence-electron chi connectivity index (χ1n) is 3.10. The zero-order chi connectivity index (χ0) is 7.82. The minimum absolute atomic E-state index is 0.0116. The molecule has 0 heterocycles. The van der Waals surface area contributed by atoms with E-state index in [1.165, 1.54) is 0 Å². The maximum absolute atomic E-state index is 8.37. The van der Waals surface area contributed by atoms with Gasteiger partial charge in [-0.05, 0) is 13.2 Å². The van der Waals surface area contributed by atoms with Gasteiger partial charge in [0.2, 0.25) is 0 Å². The van der Waals surface area contributed by atoms with Crippen molar-refractivity contribution in [1.29, 1.82) is 5.26 Å². The topological polar surface area (TPSA) is 35.8 Å². The van der Waals surface area contributed by atoms with Crippen molar-refractivity contribution in [3.8, 4) is 6.07 Å². The normalized spacial score (nSPS) is 12.5. The molecule has 0 aliphatic heterocycles. The molecule has 0 saturated heterocycles. The molecule has 0 aliphatic rings. The average molecular weight is 176 g/mol. The molecule has 0 spiro atoms. The fourth-order valence-corrected chi connectivity index (χ4v) is 1.56. The summed E-state index contributed by atoms with van der Waals surface area (Å²) < 4.78 is 0. The van der Waals surface area contributed by atoms with Crippen LogP contribution in [0.5, 0.6) is 0 Å². The zero-order valence-corrected chi connectivity index (χ0v) is 7.89. The van der Waals surface area contributed by atoms with E-state index in [9.17, 15) is 0 Å². The molecule has 58 valence electrons. The minimum Gasteiger partial charge on any atom is -0.301 e. The highest BCUT2D eigenvalue weighted by molar-refractivity contribution is 8.76. The van der Waals surface area contributed by atoms with Gasteiger partial charge in [-0.2, -0.15) is 5.26 Å². The van der Waals surface area contributed by atoms with Gasteiger partial charge in [-0.1, -0.05) is 21.6 Å². The Hall–Kier alpha value is 0.150. The molecule has 0 saturated carbocycles. The van der Waals surface area contributed by atoms with Gasteiger partial charge in [0.15, 0.2) is 0 Å². The molecule has 0 aromatic rings. The summed E-state index contributed by atoms with van der Waals surface area (Å²) in [6.07, 6.45) is 2.05. The molecule has 0 aliphatic carbocycles. The van der Waals surface area contributed by atoms with Crippen molar-refractivity contribution in [3.63, 3.8) is 0 Å². The molecule has 0 rings (SSSR count). The van der Waals surface area contributed by atoms with Crippen molar-refractivity contribution in [1.82, 2.24) is 5.32 Å². The average Bonchev–Trinajstić information content (AvgIpc) is 1.98. The van der Waals surface area contributed by atoms with Crippen LogP contribution in [0.2, 0.25) is 0 Å². The molecule has 0 aromatic heterocycles. The lowest BCUT2D eigenvalue weighted by Crippen LogP contribution is -2.26. The van der Waals surface area contributed by atoms with E-state index < -0.39 is 0 Å². The van der Waals surface area contributed by atoms with Gasteiger partial charge in [-0.3, -0.25) is 0 Å². The molecule has 2 nitrogen and oxygen atoms in total. The number of rotatable bonds is 5. The third kappa shape index (κ3) is 6.27. The summed E-state index contributed by atoms with van der Waals surface area (Å²) in [5.74, 6) is 1.06. The lowest BCUT2D eigenvalue weighted by molar-refractivity contribution is 0.675. The summed E-state index contributed by atoms with van der Waals surface area (Å²) in [5.41, 5.74) is 0. The van der Waals surface area contributed by atoms with Crippen LogP contribution in [0.1, 0.15) is 6.92 Å². The van der Waals surface area contributed by atoms with Crippen molar-refractivity contribution in [2.24, 2.45) is 0 Å². The molecule has 10 heavy (non-hydrogen) atoms. The second kappa shape index (κ2) is 7.26. The summed E-state index contributed by atoms with van der Waals surface area (Å²) in [4.78, 5) is 0. The van der Waals surface area contributed by atoms with Crippen molar-refractivity contribution < 1.29 is 0 Å². The van der Waals surface area contributed by atoms with Gasteiger partial charge in [0.05, 0.1) is 12.1 Å². The SMILES string of the molecule is CSSCCNC(C)C#N. The highest BCUT2D eigenvalue weighted by atomic mass is 33.1. The Morgan fingerprint density at radius 1 is 1.70 bits per heavy atom. The number of hydrogen-bond donors (Lipinski definition) is 1. The van der Waals surface area contributed by atoms with Crippen LogP contribution < -0.4 is 5.32 Å². The Bertz CT molecular complexity index is 111. The van der Waals surface area contributed by atoms with Crippen molar-refractivity contribution >= 4 is 21.6 Å². The molecule has 0 bridgehead atoms. The third-order valence-electron chi connectivity index (χ3n) is 0.947. The standard InChI is InChI=1S/C6H12N2S2/c1-6(5-7)8-3-4-10-9-2/h6,8H,3-4H2,1-2H3. The monoisotopic (exact) mass is 176 g/mol. The maximum atomic E-state index is 8.37. The zero-order valence-electron chi connectivity index (χ0n) is 6.26. The summed E-state index contributed by atoms with van der Waals surface area (Å²) in [5, 5.41) is 11.4. The highest BCUT2D eigenvalue weighted by Gasteiger charge is 1.94. The van der Waals surface area contributed by atoms with Gasteiger partial charge in [-0.25, -0.2) is 0 Å². The largest absolute Gasteiger partial charge is 0.301 e. The molecule has 1 N–H and O–H groups in total. The second-order valence-electron chi connectivity index (χ2n) is 1.79. The van der Waals surface area contributed by atoms with E-state index >= 15 is 0 Å². The van der Waals surface area contributed by atoms with Crippen molar-refractivity contribution in [2.45, 2.75) is 13.0 Å². The van der Waals surface area contributed by atoms with E-state index in [2.05, 4.69) is 17.6 Å². The summed E-state index contributed by atoms with van der Waals surface area (Å²) >= 11 is 0. The highest BCUT2D eigenvalue weighted by Crippen LogP contribution is 2.14. The van der Waals surface area contributed by atoms with E-state index in [1.54, 1.807) is 21.6 Å². The van der Waals surface area contributed by atoms with Crippen LogP contribution in [0.4, 0.5) is 0 Å². The first kappa shape index (κ1) is 10.2. The number of nitrogens with zero attached hydrogens (tertiary/aromatic N) is 1. The van der Waals surface area contributed by atoms with E-state index in [0.29, 0.717) is 0 Å². The van der Waals surface area contributed by atoms with E-state index in [4.69, 9.17) is 5.26 Å².